The topological polar surface area (TPSA) is 58.2 Å². The zero-order valence-electron chi connectivity index (χ0n) is 18.4. The van der Waals surface area contributed by atoms with E-state index in [0.29, 0.717) is 13.1 Å². The number of amides is 2. The molecular weight excluding hydrogens is 364 g/mol. The third-order valence-corrected chi connectivity index (χ3v) is 6.64. The number of nitrogens with one attached hydrogen (secondary N) is 2. The molecular formula is C23H38N4O2+2. The summed E-state index contributed by atoms with van der Waals surface area (Å²) in [4.78, 5) is 25.3. The molecule has 6 nitrogen and oxygen atoms in total. The number of aryl methyl sites for hydroxylation is 1. The van der Waals surface area contributed by atoms with E-state index in [1.165, 1.54) is 38.5 Å². The van der Waals surface area contributed by atoms with Crippen LogP contribution in [0.1, 0.15) is 44.1 Å². The largest absolute Gasteiger partial charge is 0.321 e. The summed E-state index contributed by atoms with van der Waals surface area (Å²) < 4.78 is 1.63. The van der Waals surface area contributed by atoms with Crippen molar-refractivity contribution in [3.8, 4) is 0 Å². The number of quaternary nitrogens is 2. The van der Waals surface area contributed by atoms with Crippen LogP contribution in [0.15, 0.2) is 18.2 Å². The first kappa shape index (κ1) is 21.8. The number of benzene rings is 1. The summed E-state index contributed by atoms with van der Waals surface area (Å²) >= 11 is 0. The number of anilines is 2. The number of carbonyl (C=O) groups is 2. The maximum atomic E-state index is 12.7. The molecule has 0 unspecified atom stereocenters. The second kappa shape index (κ2) is 9.26. The van der Waals surface area contributed by atoms with Crippen molar-refractivity contribution < 1.29 is 18.6 Å². The van der Waals surface area contributed by atoms with Crippen LogP contribution in [0.2, 0.25) is 0 Å². The van der Waals surface area contributed by atoms with Gasteiger partial charge in [0.25, 0.3) is 11.8 Å². The van der Waals surface area contributed by atoms with Crippen LogP contribution >= 0.6 is 0 Å². The summed E-state index contributed by atoms with van der Waals surface area (Å²) in [5.74, 6) is 0.0919. The molecule has 0 saturated carbocycles. The lowest BCUT2D eigenvalue weighted by atomic mass is 10.1. The van der Waals surface area contributed by atoms with Gasteiger partial charge < -0.3 is 19.6 Å². The Morgan fingerprint density at radius 2 is 1.28 bits per heavy atom. The van der Waals surface area contributed by atoms with E-state index in [1.807, 2.05) is 25.1 Å². The van der Waals surface area contributed by atoms with Gasteiger partial charge in [0.05, 0.1) is 40.3 Å². The van der Waals surface area contributed by atoms with Crippen molar-refractivity contribution in [1.82, 2.24) is 0 Å². The van der Waals surface area contributed by atoms with Gasteiger partial charge in [-0.15, -0.1) is 0 Å². The number of hydrogen-bond donors (Lipinski definition) is 2. The normalized spacial score (nSPS) is 20.7. The monoisotopic (exact) mass is 402 g/mol. The molecule has 2 saturated heterocycles. The Hall–Kier alpha value is -1.92. The van der Waals surface area contributed by atoms with Crippen molar-refractivity contribution in [3.63, 3.8) is 0 Å². The Morgan fingerprint density at radius 3 is 1.79 bits per heavy atom. The molecule has 2 aliphatic heterocycles. The minimum atomic E-state index is 0.0434. The van der Waals surface area contributed by atoms with Crippen molar-refractivity contribution in [2.24, 2.45) is 0 Å². The Kier molecular flexibility index (Phi) is 6.96. The van der Waals surface area contributed by atoms with E-state index < -0.39 is 0 Å². The molecule has 0 atom stereocenters. The summed E-state index contributed by atoms with van der Waals surface area (Å²) in [6.07, 6.45) is 7.33. The molecule has 29 heavy (non-hydrogen) atoms. The van der Waals surface area contributed by atoms with Crippen LogP contribution in [-0.4, -0.2) is 74.1 Å². The van der Waals surface area contributed by atoms with E-state index in [9.17, 15) is 9.59 Å². The van der Waals surface area contributed by atoms with E-state index in [-0.39, 0.29) is 11.8 Å². The number of likely N-dealkylation sites (tertiary alicyclic amines) is 2. The average Bonchev–Trinajstić information content (AvgIpc) is 2.64. The Bertz CT molecular complexity index is 734. The summed E-state index contributed by atoms with van der Waals surface area (Å²) in [6.45, 7) is 7.27. The number of piperidine rings is 2. The van der Waals surface area contributed by atoms with Gasteiger partial charge in [-0.05, 0) is 63.1 Å². The van der Waals surface area contributed by atoms with Crippen molar-refractivity contribution >= 4 is 23.2 Å². The first-order chi connectivity index (χ1) is 13.8. The van der Waals surface area contributed by atoms with E-state index in [4.69, 9.17) is 0 Å². The lowest BCUT2D eigenvalue weighted by Gasteiger charge is -2.37. The third-order valence-electron chi connectivity index (χ3n) is 6.64. The fraction of sp³-hybridized carbons (Fsp3) is 0.652. The summed E-state index contributed by atoms with van der Waals surface area (Å²) in [5, 5.41) is 6.11. The van der Waals surface area contributed by atoms with Crippen LogP contribution in [0.5, 0.6) is 0 Å². The van der Waals surface area contributed by atoms with E-state index in [0.717, 1.165) is 52.1 Å². The van der Waals surface area contributed by atoms with Gasteiger partial charge in [-0.1, -0.05) is 6.07 Å². The highest BCUT2D eigenvalue weighted by atomic mass is 16.2. The van der Waals surface area contributed by atoms with Gasteiger partial charge in [0.2, 0.25) is 0 Å². The number of carbonyl (C=O) groups excluding carboxylic acids is 2. The van der Waals surface area contributed by atoms with Gasteiger partial charge in [0, 0.05) is 11.4 Å². The molecule has 160 valence electrons. The van der Waals surface area contributed by atoms with Gasteiger partial charge in [0.1, 0.15) is 0 Å². The van der Waals surface area contributed by atoms with Crippen LogP contribution in [-0.2, 0) is 9.59 Å². The molecule has 2 fully saturated rings. The quantitative estimate of drug-likeness (QED) is 0.718. The zero-order valence-corrected chi connectivity index (χ0v) is 18.4. The summed E-state index contributed by atoms with van der Waals surface area (Å²) in [5.41, 5.74) is 2.54. The fourth-order valence-electron chi connectivity index (χ4n) is 4.79. The minimum absolute atomic E-state index is 0.0434. The van der Waals surface area contributed by atoms with Gasteiger partial charge in [-0.3, -0.25) is 9.59 Å². The molecule has 2 heterocycles. The molecule has 0 aromatic heterocycles. The Balaban J connectivity index is 1.58. The molecule has 1 aromatic rings. The number of likely N-dealkylation sites (N-methyl/N-ethyl adjacent to an activating group) is 2. The van der Waals surface area contributed by atoms with Gasteiger partial charge >= 0.3 is 0 Å². The lowest BCUT2D eigenvalue weighted by molar-refractivity contribution is -0.906. The van der Waals surface area contributed by atoms with Crippen LogP contribution in [0.25, 0.3) is 0 Å². The summed E-state index contributed by atoms with van der Waals surface area (Å²) in [6, 6.07) is 5.76. The zero-order chi connectivity index (χ0) is 20.9. The molecule has 6 heteroatoms. The summed E-state index contributed by atoms with van der Waals surface area (Å²) in [7, 11) is 4.34. The van der Waals surface area contributed by atoms with Crippen molar-refractivity contribution in [2.75, 3.05) is 64.0 Å². The highest BCUT2D eigenvalue weighted by molar-refractivity contribution is 5.95. The lowest BCUT2D eigenvalue weighted by Crippen LogP contribution is -2.52. The second-order valence-corrected chi connectivity index (χ2v) is 9.70. The standard InChI is InChI=1S/C23H36N4O2/c1-19-10-11-20(24-22(28)17-26(2)12-6-4-7-13-26)16-21(19)25-23(29)18-27(3)14-8-5-9-15-27/h10-11,16H,4-9,12-15,17-18H2,1-3H3/p+2. The maximum absolute atomic E-state index is 12.7. The third kappa shape index (κ3) is 6.28. The molecule has 0 bridgehead atoms. The average molecular weight is 403 g/mol. The van der Waals surface area contributed by atoms with E-state index in [1.54, 1.807) is 0 Å². The molecule has 0 radical (unpaired) electrons. The molecule has 0 aliphatic carbocycles. The number of rotatable bonds is 6. The molecule has 0 spiro atoms. The predicted octanol–water partition coefficient (Wildman–Crippen LogP) is 3.13. The maximum Gasteiger partial charge on any atom is 0.279 e. The van der Waals surface area contributed by atoms with E-state index >= 15 is 0 Å². The highest BCUT2D eigenvalue weighted by Crippen LogP contribution is 2.22. The molecule has 2 N–H and O–H groups in total. The van der Waals surface area contributed by atoms with Crippen LogP contribution in [0.4, 0.5) is 11.4 Å². The predicted molar refractivity (Wildman–Crippen MR) is 118 cm³/mol. The van der Waals surface area contributed by atoms with E-state index in [2.05, 4.69) is 24.7 Å². The Morgan fingerprint density at radius 1 is 0.793 bits per heavy atom. The molecule has 3 rings (SSSR count). The van der Waals surface area contributed by atoms with Gasteiger partial charge in [-0.2, -0.15) is 0 Å². The Labute approximate surface area is 175 Å². The van der Waals surface area contributed by atoms with Crippen molar-refractivity contribution in [3.05, 3.63) is 23.8 Å². The highest BCUT2D eigenvalue weighted by Gasteiger charge is 2.29. The molecule has 2 aliphatic rings. The van der Waals surface area contributed by atoms with Gasteiger partial charge in [0.15, 0.2) is 13.1 Å². The van der Waals surface area contributed by atoms with Crippen molar-refractivity contribution in [2.45, 2.75) is 45.4 Å². The molecule has 1 aromatic carbocycles. The minimum Gasteiger partial charge on any atom is -0.321 e. The SMILES string of the molecule is Cc1ccc(NC(=O)C[N+]2(C)CCCCC2)cc1NC(=O)C[N+]1(C)CCCCC1. The molecule has 2 amide bonds. The van der Waals surface area contributed by atoms with Crippen LogP contribution < -0.4 is 10.6 Å². The smallest absolute Gasteiger partial charge is 0.279 e. The van der Waals surface area contributed by atoms with Gasteiger partial charge in [-0.25, -0.2) is 0 Å². The second-order valence-electron chi connectivity index (χ2n) is 9.70. The van der Waals surface area contributed by atoms with Crippen LogP contribution in [0, 0.1) is 6.92 Å². The fourth-order valence-corrected chi connectivity index (χ4v) is 4.79. The number of hydrogen-bond acceptors (Lipinski definition) is 2. The number of nitrogens with zero attached hydrogens (tertiary/aromatic N) is 2. The van der Waals surface area contributed by atoms with Crippen LogP contribution in [0.3, 0.4) is 0 Å². The first-order valence-electron chi connectivity index (χ1n) is 11.1. The van der Waals surface area contributed by atoms with Crippen molar-refractivity contribution in [1.29, 1.82) is 0 Å². The first-order valence-corrected chi connectivity index (χ1v) is 11.1.